The Morgan fingerprint density at radius 3 is 0.983 bits per heavy atom. The molecule has 18 nitrogen and oxygen atoms in total. The quantitative estimate of drug-likeness (QED) is 0.0103. The number of benzene rings is 3. The molecule has 3 saturated carbocycles. The minimum Gasteiger partial charge on any atom is -0.462 e. The molecule has 6 aliphatic rings. The number of carbonyl (C=O) groups excluding carboxylic acids is 4. The molecule has 0 aromatic heterocycles. The first-order chi connectivity index (χ1) is 55.6. The summed E-state index contributed by atoms with van der Waals surface area (Å²) in [5, 5.41) is 37.0. The Labute approximate surface area is 718 Å². The van der Waals surface area contributed by atoms with Gasteiger partial charge in [-0.1, -0.05) is 166 Å². The van der Waals surface area contributed by atoms with Gasteiger partial charge < -0.3 is 68.5 Å². The van der Waals surface area contributed by atoms with Crippen molar-refractivity contribution in [2.45, 2.75) is 277 Å². The molecule has 3 heterocycles. The molecule has 23 heteroatoms. The molecule has 0 spiro atoms. The summed E-state index contributed by atoms with van der Waals surface area (Å²) in [6.45, 7) is 24.9. The van der Waals surface area contributed by atoms with Crippen molar-refractivity contribution in [1.82, 2.24) is 0 Å². The number of aliphatic hydroxyl groups excluding tert-OH is 4. The zero-order valence-corrected chi connectivity index (χ0v) is 74.4. The van der Waals surface area contributed by atoms with Crippen LogP contribution >= 0.6 is 39.1 Å². The average molecular weight is 1720 g/mol. The summed E-state index contributed by atoms with van der Waals surface area (Å²) in [5.41, 5.74) is 8.99. The van der Waals surface area contributed by atoms with Crippen molar-refractivity contribution >= 4 is 74.8 Å². The van der Waals surface area contributed by atoms with E-state index in [0.29, 0.717) is 43.0 Å². The summed E-state index contributed by atoms with van der Waals surface area (Å²) < 4.78 is 56.3. The van der Waals surface area contributed by atoms with Gasteiger partial charge in [0.2, 0.25) is 0 Å². The van der Waals surface area contributed by atoms with Crippen LogP contribution in [0.3, 0.4) is 0 Å². The zero-order chi connectivity index (χ0) is 84.0. The van der Waals surface area contributed by atoms with Crippen LogP contribution in [-0.4, -0.2) is 161 Å². The lowest BCUT2D eigenvalue weighted by molar-refractivity contribution is -0.162. The van der Waals surface area contributed by atoms with Crippen molar-refractivity contribution in [2.75, 3.05) is 91.2 Å². The largest absolute Gasteiger partial charge is 0.462 e. The van der Waals surface area contributed by atoms with E-state index in [2.05, 4.69) is 148 Å². The number of hydrogen-bond acceptors (Lipinski definition) is 18. The number of ether oxygens (including phenoxy) is 9. The van der Waals surface area contributed by atoms with Crippen LogP contribution in [0.15, 0.2) is 121 Å². The first kappa shape index (κ1) is 106. The van der Waals surface area contributed by atoms with Crippen LogP contribution < -0.4 is 0 Å². The second-order valence-corrected chi connectivity index (χ2v) is 35.0. The lowest BCUT2D eigenvalue weighted by Crippen LogP contribution is -2.31. The fourth-order valence-corrected chi connectivity index (χ4v) is 15.6. The lowest BCUT2D eigenvalue weighted by Gasteiger charge is -2.34. The van der Waals surface area contributed by atoms with E-state index in [4.69, 9.17) is 77.3 Å². The Balaban J connectivity index is 0.000000571. The number of alkyl halides is 2. The highest BCUT2D eigenvalue weighted by molar-refractivity contribution is 8.24. The summed E-state index contributed by atoms with van der Waals surface area (Å²) >= 11 is 13.8. The molecule has 658 valence electrons. The van der Waals surface area contributed by atoms with Gasteiger partial charge in [0.15, 0.2) is 31.4 Å². The summed E-state index contributed by atoms with van der Waals surface area (Å²) in [6.07, 6.45) is 35.6. The Bertz CT molecular complexity index is 3090. The summed E-state index contributed by atoms with van der Waals surface area (Å²) in [6, 6.07) is 27.4. The highest BCUT2D eigenvalue weighted by Crippen LogP contribution is 2.42. The molecule has 0 amide bonds. The Morgan fingerprint density at radius 2 is 0.750 bits per heavy atom. The van der Waals surface area contributed by atoms with E-state index in [9.17, 15) is 29.4 Å². The molecule has 3 saturated heterocycles. The first-order valence-corrected chi connectivity index (χ1v) is 47.2. The molecule has 3 aromatic rings. The second kappa shape index (κ2) is 66.3. The van der Waals surface area contributed by atoms with Gasteiger partial charge in [-0.3, -0.25) is 0 Å². The van der Waals surface area contributed by atoms with Crippen LogP contribution in [0, 0.1) is 35.5 Å². The standard InChI is InChI=1S/C38H56O8.C28H40O6.C20H32O2.C5H10O.CH2Cl2.CH4.H2O.H2P2S/c1-4-5-6-11-30-14-16-31(17-15-30)32-18-20-33(21-19-32)34(26-45-37(39)28(2)24-43-35-12-7-9-22-41-35)27-46-38(40)29(3)25-44-36-13-8-10-23-42-36;1-4-5-6-7-22-8-10-23(11-9-22)24-12-14-25(15-13-24)26(18-33-27(31)20(2)16-29)19-34-28(32)21(3)17-30;1-2-3-4-5-16-6-8-17(9-7-16)18-10-12-19(13-11-18)20(14-21)15-22;1-5-3-2-4-6-5;2-1-3;;;1-2-3/h14-17,32-36H,2-13,18-27H2,1H3;8-11,24-26,29-30H,2-7,12-19H2,1H3;6-9,18-22H,2-5,10-15H2,1H3;5H,2-4H2,1H3;1H2;1H4;1H2;1H2/p+1/i/hT. The van der Waals surface area contributed by atoms with Crippen LogP contribution in [0.2, 0.25) is 0 Å². The molecule has 3 aromatic carbocycles. The molecule has 6 fully saturated rings. The third-order valence-corrected chi connectivity index (χ3v) is 22.9. The minimum absolute atomic E-state index is 0. The molecule has 3 aliphatic carbocycles. The number of carbonyl (C=O) groups is 4. The number of esters is 4. The molecule has 9 rings (SSSR count). The van der Waals surface area contributed by atoms with E-state index in [1.165, 1.54) is 123 Å². The monoisotopic (exact) mass is 1720 g/mol. The molecule has 5 unspecified atom stereocenters. The van der Waals surface area contributed by atoms with Gasteiger partial charge in [-0.25, -0.2) is 19.2 Å². The van der Waals surface area contributed by atoms with Crippen molar-refractivity contribution < 1.29 is 87.7 Å². The van der Waals surface area contributed by atoms with Crippen LogP contribution in [0.5, 0.6) is 0 Å². The van der Waals surface area contributed by atoms with E-state index in [1.807, 2.05) is 0 Å². The third kappa shape index (κ3) is 43.9. The van der Waals surface area contributed by atoms with Crippen molar-refractivity contribution in [3.63, 3.8) is 0 Å². The number of hydrogen-bond donors (Lipinski definition) is 4. The van der Waals surface area contributed by atoms with Gasteiger partial charge in [-0.05, 0) is 243 Å². The highest BCUT2D eigenvalue weighted by Gasteiger charge is 2.34. The van der Waals surface area contributed by atoms with Crippen LogP contribution in [0.4, 0.5) is 0 Å². The molecule has 5 atom stereocenters. The van der Waals surface area contributed by atoms with Crippen molar-refractivity contribution in [2.24, 2.45) is 35.5 Å². The summed E-state index contributed by atoms with van der Waals surface area (Å²) in [7, 11) is 2.20. The van der Waals surface area contributed by atoms with Gasteiger partial charge in [-0.2, -0.15) is 0 Å². The maximum atomic E-state index is 12.8. The molecule has 0 radical (unpaired) electrons. The van der Waals surface area contributed by atoms with E-state index < -0.39 is 44.1 Å². The third-order valence-electron chi connectivity index (χ3n) is 22.9. The van der Waals surface area contributed by atoms with Gasteiger partial charge in [0.25, 0.3) is 0 Å². The normalized spacial score (nSPS) is 21.3. The van der Waals surface area contributed by atoms with Crippen molar-refractivity contribution in [3.8, 4) is 0 Å². The van der Waals surface area contributed by atoms with Gasteiger partial charge in [0, 0.05) is 50.8 Å². The van der Waals surface area contributed by atoms with Gasteiger partial charge in [-0.15, -0.1) is 23.2 Å². The molecular weight excluding hydrogens is 1570 g/mol. The number of rotatable bonds is 40. The number of aryl methyl sites for hydroxylation is 3. The SMILES string of the molecule is C.C=C(CO)C(=O)OCC(COC(=O)C(=C)CO)C1CCC(c2ccc(CCCCC)cc2)CC1.C=C(COC1CCCCO1)C(=O)OCC(COC(=O)C(=C)COC1CCCCO1)C1CCC(c2ccc(CCCCC)cc2)CC1.CC1CCCO1.CCCCCc1ccc(C2CCC(C(CO)CO)CC2)cc1.ClCCl.O.[3H][P+](P)=S. The van der Waals surface area contributed by atoms with Crippen LogP contribution in [0.1, 0.15) is 272 Å². The molecule has 3 aliphatic heterocycles. The Kier molecular flexibility index (Phi) is 60.5. The van der Waals surface area contributed by atoms with Crippen molar-refractivity contribution in [3.05, 3.63) is 155 Å². The van der Waals surface area contributed by atoms with Crippen molar-refractivity contribution in [1.29, 1.82) is 1.28 Å². The summed E-state index contributed by atoms with van der Waals surface area (Å²) in [4.78, 5) is 49.6. The molecule has 116 heavy (non-hydrogen) atoms. The number of halogens is 2. The second-order valence-electron chi connectivity index (χ2n) is 31.4. The molecular formula is C93H149Cl2O18P2S+. The van der Waals surface area contributed by atoms with Gasteiger partial charge >= 0.3 is 25.2 Å². The summed E-state index contributed by atoms with van der Waals surface area (Å²) in [5.74, 6) is 0.140. The topological polar surface area (TPSA) is 264 Å². The van der Waals surface area contributed by atoms with Gasteiger partial charge in [0.05, 0.1) is 95.5 Å². The minimum atomic E-state index is -0.870. The van der Waals surface area contributed by atoms with E-state index in [-0.39, 0.29) is 136 Å². The number of unbranched alkanes of at least 4 members (excludes halogenated alkanes) is 6. The van der Waals surface area contributed by atoms with E-state index in [0.717, 1.165) is 122 Å². The fourth-order valence-electron chi connectivity index (χ4n) is 15.6. The van der Waals surface area contributed by atoms with Crippen LogP contribution in [-0.2, 0) is 92.9 Å². The lowest BCUT2D eigenvalue weighted by atomic mass is 9.74. The highest BCUT2D eigenvalue weighted by atomic mass is 35.5. The predicted octanol–water partition coefficient (Wildman–Crippen LogP) is 19.7. The average Bonchev–Trinajstić information content (AvgIpc) is 0.870. The fraction of sp³-hybridized carbons (Fsp3) is 0.677. The smallest absolute Gasteiger partial charge is 0.355 e. The molecule has 6 N–H and O–H groups in total. The predicted molar refractivity (Wildman–Crippen MR) is 478 cm³/mol. The van der Waals surface area contributed by atoms with E-state index in [1.54, 1.807) is 0 Å². The van der Waals surface area contributed by atoms with E-state index >= 15 is 0 Å². The van der Waals surface area contributed by atoms with Crippen LogP contribution in [0.25, 0.3) is 0 Å². The maximum Gasteiger partial charge on any atom is 0.355 e. The first-order valence-electron chi connectivity index (χ1n) is 43.1. The van der Waals surface area contributed by atoms with Gasteiger partial charge in [0.1, 0.15) is 0 Å². The molecule has 0 bridgehead atoms. The number of aliphatic hydroxyl groups is 4. The zero-order valence-electron chi connectivity index (χ0n) is 71.0. The maximum absolute atomic E-state index is 12.8. The Morgan fingerprint density at radius 1 is 0.466 bits per heavy atom. The Hall–Kier alpha value is -4.37.